The van der Waals surface area contributed by atoms with E-state index in [-0.39, 0.29) is 24.0 Å². The van der Waals surface area contributed by atoms with E-state index in [1.165, 1.54) is 12.1 Å². The number of nitrogens with one attached hydrogen (secondary N) is 2. The number of carbonyl (C=O) groups is 1. The lowest BCUT2D eigenvalue weighted by Crippen LogP contribution is -2.43. The zero-order valence-corrected chi connectivity index (χ0v) is 19.1. The van der Waals surface area contributed by atoms with Crippen LogP contribution in [0.5, 0.6) is 11.5 Å². The van der Waals surface area contributed by atoms with Crippen LogP contribution >= 0.6 is 0 Å². The minimum absolute atomic E-state index is 0.121. The first-order valence-electron chi connectivity index (χ1n) is 10.6. The maximum absolute atomic E-state index is 12.6. The molecule has 4 aromatic rings. The molecule has 1 atom stereocenters. The fourth-order valence-corrected chi connectivity index (χ4v) is 4.78. The van der Waals surface area contributed by atoms with Crippen molar-refractivity contribution in [3.05, 3.63) is 78.6 Å². The van der Waals surface area contributed by atoms with Crippen molar-refractivity contribution in [2.75, 3.05) is 11.3 Å². The molecular weight excluding hydrogens is 456 g/mol. The second-order valence-electron chi connectivity index (χ2n) is 7.79. The molecule has 0 saturated heterocycles. The molecule has 3 aromatic carbocycles. The molecule has 0 bridgehead atoms. The molecule has 1 aromatic heterocycles. The number of sulfonamides is 1. The maximum Gasteiger partial charge on any atom is 0.265 e. The van der Waals surface area contributed by atoms with E-state index < -0.39 is 16.1 Å². The van der Waals surface area contributed by atoms with Gasteiger partial charge in [0.1, 0.15) is 12.4 Å². The summed E-state index contributed by atoms with van der Waals surface area (Å²) in [5, 5.41) is 2.84. The Balaban J connectivity index is 1.28. The molecule has 5 rings (SSSR count). The standard InChI is InChI=1S/C24H22N4O5S/c1-28-19-12-11-16(27-34(30,31)17-7-3-2-4-8-17)13-18(19)26-23(28)14-25-24(29)22-15-32-20-9-5-6-10-21(20)33-22/h2-13,22,27H,14-15H2,1H3,(H,25,29). The molecule has 0 aliphatic carbocycles. The van der Waals surface area contributed by atoms with Crippen LogP contribution in [0, 0.1) is 0 Å². The highest BCUT2D eigenvalue weighted by Crippen LogP contribution is 2.31. The van der Waals surface area contributed by atoms with E-state index in [1.807, 2.05) is 23.7 Å². The summed E-state index contributed by atoms with van der Waals surface area (Å²) in [6, 6.07) is 20.5. The summed E-state index contributed by atoms with van der Waals surface area (Å²) in [6.45, 7) is 0.299. The first-order valence-corrected chi connectivity index (χ1v) is 12.1. The number of hydrogen-bond acceptors (Lipinski definition) is 6. The molecule has 0 saturated carbocycles. The van der Waals surface area contributed by atoms with Gasteiger partial charge in [0.05, 0.1) is 28.2 Å². The van der Waals surface area contributed by atoms with Gasteiger partial charge in [-0.3, -0.25) is 9.52 Å². The minimum Gasteiger partial charge on any atom is -0.485 e. The van der Waals surface area contributed by atoms with Crippen LogP contribution in [0.3, 0.4) is 0 Å². The summed E-state index contributed by atoms with van der Waals surface area (Å²) < 4.78 is 41.0. The fraction of sp³-hybridized carbons (Fsp3) is 0.167. The second-order valence-corrected chi connectivity index (χ2v) is 9.47. The van der Waals surface area contributed by atoms with E-state index in [2.05, 4.69) is 15.0 Å². The summed E-state index contributed by atoms with van der Waals surface area (Å²) in [5.74, 6) is 1.45. The molecule has 1 aliphatic heterocycles. The fourth-order valence-electron chi connectivity index (χ4n) is 3.71. The number of nitrogens with zero attached hydrogens (tertiary/aromatic N) is 2. The Morgan fingerprint density at radius 3 is 2.59 bits per heavy atom. The molecule has 9 nitrogen and oxygen atoms in total. The minimum atomic E-state index is -3.71. The van der Waals surface area contributed by atoms with Crippen molar-refractivity contribution in [3.63, 3.8) is 0 Å². The van der Waals surface area contributed by atoms with Crippen LogP contribution in [-0.4, -0.2) is 36.6 Å². The van der Waals surface area contributed by atoms with Gasteiger partial charge >= 0.3 is 0 Å². The summed E-state index contributed by atoms with van der Waals surface area (Å²) in [7, 11) is -1.87. The van der Waals surface area contributed by atoms with Crippen LogP contribution in [-0.2, 0) is 28.4 Å². The number of benzene rings is 3. The van der Waals surface area contributed by atoms with E-state index in [9.17, 15) is 13.2 Å². The highest BCUT2D eigenvalue weighted by molar-refractivity contribution is 7.92. The molecule has 0 fully saturated rings. The Bertz CT molecular complexity index is 1470. The number of fused-ring (bicyclic) bond motifs is 2. The van der Waals surface area contributed by atoms with Crippen LogP contribution in [0.4, 0.5) is 5.69 Å². The van der Waals surface area contributed by atoms with Crippen LogP contribution in [0.2, 0.25) is 0 Å². The lowest BCUT2D eigenvalue weighted by molar-refractivity contribution is -0.130. The van der Waals surface area contributed by atoms with Gasteiger partial charge < -0.3 is 19.4 Å². The van der Waals surface area contributed by atoms with Crippen molar-refractivity contribution in [1.82, 2.24) is 14.9 Å². The van der Waals surface area contributed by atoms with Crippen molar-refractivity contribution in [2.24, 2.45) is 7.05 Å². The van der Waals surface area contributed by atoms with Gasteiger partial charge in [0, 0.05) is 7.05 Å². The topological polar surface area (TPSA) is 112 Å². The van der Waals surface area contributed by atoms with Crippen LogP contribution < -0.4 is 19.5 Å². The number of rotatable bonds is 6. The van der Waals surface area contributed by atoms with Crippen molar-refractivity contribution >= 4 is 32.7 Å². The number of imidazole rings is 1. The van der Waals surface area contributed by atoms with Crippen LogP contribution in [0.15, 0.2) is 77.7 Å². The molecule has 10 heteroatoms. The molecular formula is C24H22N4O5S. The highest BCUT2D eigenvalue weighted by atomic mass is 32.2. The average molecular weight is 479 g/mol. The van der Waals surface area contributed by atoms with Gasteiger partial charge in [0.25, 0.3) is 15.9 Å². The molecule has 2 N–H and O–H groups in total. The number of ether oxygens (including phenoxy) is 2. The monoisotopic (exact) mass is 478 g/mol. The van der Waals surface area contributed by atoms with Crippen molar-refractivity contribution in [3.8, 4) is 11.5 Å². The Hall–Kier alpha value is -4.05. The smallest absolute Gasteiger partial charge is 0.265 e. The zero-order valence-electron chi connectivity index (χ0n) is 18.3. The van der Waals surface area contributed by atoms with E-state index in [0.717, 1.165) is 5.52 Å². The van der Waals surface area contributed by atoms with Gasteiger partial charge in [-0.05, 0) is 42.5 Å². The lowest BCUT2D eigenvalue weighted by Gasteiger charge is -2.25. The second kappa shape index (κ2) is 8.71. The summed E-state index contributed by atoms with van der Waals surface area (Å²) >= 11 is 0. The quantitative estimate of drug-likeness (QED) is 0.441. The third-order valence-electron chi connectivity index (χ3n) is 5.50. The number of anilines is 1. The molecule has 1 aliphatic rings. The predicted octanol–water partition coefficient (Wildman–Crippen LogP) is 2.83. The SMILES string of the molecule is Cn1c(CNC(=O)C2COc3ccccc3O2)nc2cc(NS(=O)(=O)c3ccccc3)ccc21. The Kier molecular flexibility index (Phi) is 5.58. The highest BCUT2D eigenvalue weighted by Gasteiger charge is 2.27. The zero-order chi connectivity index (χ0) is 23.7. The lowest BCUT2D eigenvalue weighted by atomic mass is 10.2. The van der Waals surface area contributed by atoms with E-state index in [4.69, 9.17) is 9.47 Å². The molecule has 0 spiro atoms. The van der Waals surface area contributed by atoms with Gasteiger partial charge in [-0.15, -0.1) is 0 Å². The van der Waals surface area contributed by atoms with Gasteiger partial charge in [0.2, 0.25) is 6.10 Å². The average Bonchev–Trinajstić information content (AvgIpc) is 3.17. The summed E-state index contributed by atoms with van der Waals surface area (Å²) in [6.07, 6.45) is -0.761. The normalized spacial score (nSPS) is 15.1. The number of aromatic nitrogens is 2. The molecule has 174 valence electrons. The van der Waals surface area contributed by atoms with Gasteiger partial charge in [-0.1, -0.05) is 30.3 Å². The van der Waals surface area contributed by atoms with E-state index >= 15 is 0 Å². The third kappa shape index (κ3) is 4.27. The van der Waals surface area contributed by atoms with Gasteiger partial charge in [0.15, 0.2) is 11.5 Å². The molecule has 2 heterocycles. The number of para-hydroxylation sites is 2. The molecule has 0 radical (unpaired) electrons. The van der Waals surface area contributed by atoms with E-state index in [0.29, 0.717) is 28.5 Å². The largest absolute Gasteiger partial charge is 0.485 e. The number of aryl methyl sites for hydroxylation is 1. The van der Waals surface area contributed by atoms with E-state index in [1.54, 1.807) is 48.5 Å². The first kappa shape index (κ1) is 21.8. The Morgan fingerprint density at radius 2 is 1.79 bits per heavy atom. The van der Waals surface area contributed by atoms with Gasteiger partial charge in [-0.2, -0.15) is 0 Å². The Labute approximate surface area is 196 Å². The third-order valence-corrected chi connectivity index (χ3v) is 6.90. The maximum atomic E-state index is 12.6. The van der Waals surface area contributed by atoms with Crippen LogP contribution in [0.1, 0.15) is 5.82 Å². The van der Waals surface area contributed by atoms with Crippen LogP contribution in [0.25, 0.3) is 11.0 Å². The number of hydrogen-bond donors (Lipinski definition) is 2. The molecule has 34 heavy (non-hydrogen) atoms. The Morgan fingerprint density at radius 1 is 1.06 bits per heavy atom. The predicted molar refractivity (Wildman–Crippen MR) is 126 cm³/mol. The number of amides is 1. The van der Waals surface area contributed by atoms with Gasteiger partial charge in [-0.25, -0.2) is 13.4 Å². The number of carbonyl (C=O) groups excluding carboxylic acids is 1. The summed E-state index contributed by atoms with van der Waals surface area (Å²) in [4.78, 5) is 17.4. The molecule has 1 unspecified atom stereocenters. The first-order chi connectivity index (χ1) is 16.4. The van der Waals surface area contributed by atoms with Crippen molar-refractivity contribution in [1.29, 1.82) is 0 Å². The summed E-state index contributed by atoms with van der Waals surface area (Å²) in [5.41, 5.74) is 1.81. The molecule has 1 amide bonds. The van der Waals surface area contributed by atoms with Crippen molar-refractivity contribution < 1.29 is 22.7 Å². The van der Waals surface area contributed by atoms with Crippen molar-refractivity contribution in [2.45, 2.75) is 17.5 Å².